The normalized spacial score (nSPS) is 11.3. The average molecular weight is 515 g/mol. The number of benzene rings is 2. The minimum Gasteiger partial charge on any atom is -0.508 e. The molecule has 2 aromatic carbocycles. The predicted molar refractivity (Wildman–Crippen MR) is 161 cm³/mol. The molecular formula is C32H50OS2. The lowest BCUT2D eigenvalue weighted by molar-refractivity contribution is 0.475. The first-order valence-corrected chi connectivity index (χ1v) is 16.5. The Morgan fingerprint density at radius 1 is 0.629 bits per heavy atom. The summed E-state index contributed by atoms with van der Waals surface area (Å²) in [5, 5.41) is 9.67. The Morgan fingerprint density at radius 3 is 1.77 bits per heavy atom. The lowest BCUT2D eigenvalue weighted by atomic mass is 9.94. The third kappa shape index (κ3) is 13.2. The van der Waals surface area contributed by atoms with Gasteiger partial charge in [0, 0.05) is 11.5 Å². The van der Waals surface area contributed by atoms with E-state index in [4.69, 9.17) is 0 Å². The van der Waals surface area contributed by atoms with Crippen LogP contribution in [-0.2, 0) is 17.9 Å². The van der Waals surface area contributed by atoms with Crippen molar-refractivity contribution in [2.75, 3.05) is 11.5 Å². The van der Waals surface area contributed by atoms with Gasteiger partial charge in [-0.3, -0.25) is 0 Å². The second-order valence-corrected chi connectivity index (χ2v) is 12.2. The van der Waals surface area contributed by atoms with Crippen molar-refractivity contribution < 1.29 is 5.11 Å². The summed E-state index contributed by atoms with van der Waals surface area (Å²) in [5.41, 5.74) is 7.19. The molecule has 0 atom stereocenters. The molecule has 0 fully saturated rings. The SMILES string of the molecule is CCCCCCCCSCc1cc(C)c(Cc2ccc(O)cc2)c(CSCCCCCCCC)c1. The first-order chi connectivity index (χ1) is 17.1. The van der Waals surface area contributed by atoms with Crippen molar-refractivity contribution in [2.45, 2.75) is 116 Å². The molecule has 0 amide bonds. The Kier molecular flexibility index (Phi) is 16.5. The molecule has 3 heteroatoms. The molecule has 1 N–H and O–H groups in total. The van der Waals surface area contributed by atoms with Crippen molar-refractivity contribution in [2.24, 2.45) is 0 Å². The Labute approximate surface area is 225 Å². The van der Waals surface area contributed by atoms with Crippen molar-refractivity contribution in [3.8, 4) is 5.75 Å². The van der Waals surface area contributed by atoms with Crippen LogP contribution in [0.5, 0.6) is 5.75 Å². The fourth-order valence-electron chi connectivity index (χ4n) is 4.60. The van der Waals surface area contributed by atoms with Gasteiger partial charge in [0.05, 0.1) is 0 Å². The van der Waals surface area contributed by atoms with Gasteiger partial charge in [0.15, 0.2) is 0 Å². The highest BCUT2D eigenvalue weighted by Gasteiger charge is 2.10. The molecule has 196 valence electrons. The molecule has 0 aliphatic rings. The van der Waals surface area contributed by atoms with E-state index in [0.29, 0.717) is 5.75 Å². The van der Waals surface area contributed by atoms with Gasteiger partial charge in [0.1, 0.15) is 5.75 Å². The molecule has 0 bridgehead atoms. The van der Waals surface area contributed by atoms with E-state index in [1.807, 2.05) is 12.1 Å². The number of phenolic OH excluding ortho intramolecular Hbond substituents is 1. The summed E-state index contributed by atoms with van der Waals surface area (Å²) in [7, 11) is 0. The van der Waals surface area contributed by atoms with Crippen LogP contribution in [-0.4, -0.2) is 16.6 Å². The lowest BCUT2D eigenvalue weighted by Gasteiger charge is -2.16. The van der Waals surface area contributed by atoms with Crippen molar-refractivity contribution >= 4 is 23.5 Å². The van der Waals surface area contributed by atoms with Crippen molar-refractivity contribution in [1.82, 2.24) is 0 Å². The second-order valence-electron chi connectivity index (χ2n) is 10.0. The number of aryl methyl sites for hydroxylation is 1. The first-order valence-electron chi connectivity index (χ1n) is 14.2. The fourth-order valence-corrected chi connectivity index (χ4v) is 6.58. The zero-order chi connectivity index (χ0) is 25.1. The fraction of sp³-hybridized carbons (Fsp3) is 0.625. The van der Waals surface area contributed by atoms with Gasteiger partial charge in [0.2, 0.25) is 0 Å². The molecular weight excluding hydrogens is 464 g/mol. The Balaban J connectivity index is 1.92. The molecule has 0 unspecified atom stereocenters. The minimum absolute atomic E-state index is 0.345. The number of unbranched alkanes of at least 4 members (excludes halogenated alkanes) is 10. The van der Waals surface area contributed by atoms with Crippen LogP contribution >= 0.6 is 23.5 Å². The van der Waals surface area contributed by atoms with Gasteiger partial charge in [-0.15, -0.1) is 0 Å². The zero-order valence-corrected chi connectivity index (χ0v) is 24.4. The molecule has 0 aromatic heterocycles. The molecule has 0 aliphatic carbocycles. The maximum absolute atomic E-state index is 9.67. The summed E-state index contributed by atoms with van der Waals surface area (Å²) < 4.78 is 0. The molecule has 2 rings (SSSR count). The Bertz CT molecular complexity index is 800. The van der Waals surface area contributed by atoms with Gasteiger partial charge in [0.25, 0.3) is 0 Å². The van der Waals surface area contributed by atoms with Gasteiger partial charge in [-0.1, -0.05) is 102 Å². The van der Waals surface area contributed by atoms with E-state index >= 15 is 0 Å². The van der Waals surface area contributed by atoms with E-state index in [-0.39, 0.29) is 0 Å². The largest absolute Gasteiger partial charge is 0.508 e. The van der Waals surface area contributed by atoms with Crippen molar-refractivity contribution in [3.05, 3.63) is 64.2 Å². The third-order valence-corrected chi connectivity index (χ3v) is 8.96. The number of phenols is 1. The van der Waals surface area contributed by atoms with Crippen LogP contribution in [0.2, 0.25) is 0 Å². The highest BCUT2D eigenvalue weighted by molar-refractivity contribution is 7.98. The van der Waals surface area contributed by atoms with Crippen LogP contribution < -0.4 is 0 Å². The van der Waals surface area contributed by atoms with Crippen LogP contribution in [0, 0.1) is 6.92 Å². The molecule has 0 spiro atoms. The summed E-state index contributed by atoms with van der Waals surface area (Å²) in [5.74, 6) is 5.13. The second kappa shape index (κ2) is 19.1. The van der Waals surface area contributed by atoms with Crippen molar-refractivity contribution in [3.63, 3.8) is 0 Å². The van der Waals surface area contributed by atoms with Gasteiger partial charge in [-0.05, 0) is 77.6 Å². The van der Waals surface area contributed by atoms with Crippen molar-refractivity contribution in [1.29, 1.82) is 0 Å². The standard InChI is InChI=1S/C32H50OS2/c1-4-6-8-10-12-14-20-34-25-29-22-27(3)32(24-28-16-18-31(33)19-17-28)30(23-29)26-35-21-15-13-11-9-7-5-2/h16-19,22-23,33H,4-15,20-21,24-26H2,1-3H3. The number of thioether (sulfide) groups is 2. The molecule has 0 radical (unpaired) electrons. The predicted octanol–water partition coefficient (Wildman–Crippen LogP) is 10.5. The van der Waals surface area contributed by atoms with Crippen LogP contribution in [0.15, 0.2) is 36.4 Å². The molecule has 0 heterocycles. The molecule has 2 aromatic rings. The van der Waals surface area contributed by atoms with E-state index in [9.17, 15) is 5.11 Å². The van der Waals surface area contributed by atoms with Crippen LogP contribution in [0.4, 0.5) is 0 Å². The Hall–Kier alpha value is -1.06. The maximum Gasteiger partial charge on any atom is 0.115 e. The molecule has 0 saturated carbocycles. The van der Waals surface area contributed by atoms with Gasteiger partial charge in [-0.25, -0.2) is 0 Å². The van der Waals surface area contributed by atoms with E-state index < -0.39 is 0 Å². The number of hydrogen-bond donors (Lipinski definition) is 1. The average Bonchev–Trinajstić information content (AvgIpc) is 2.85. The summed E-state index contributed by atoms with van der Waals surface area (Å²) in [6.45, 7) is 6.86. The topological polar surface area (TPSA) is 20.2 Å². The molecule has 35 heavy (non-hydrogen) atoms. The highest BCUT2D eigenvalue weighted by atomic mass is 32.2. The third-order valence-electron chi connectivity index (χ3n) is 6.75. The molecule has 0 aliphatic heterocycles. The maximum atomic E-state index is 9.67. The van der Waals surface area contributed by atoms with Gasteiger partial charge >= 0.3 is 0 Å². The number of rotatable bonds is 20. The monoisotopic (exact) mass is 514 g/mol. The summed E-state index contributed by atoms with van der Waals surface area (Å²) in [6, 6.07) is 12.7. The van der Waals surface area contributed by atoms with Crippen LogP contribution in [0.1, 0.15) is 119 Å². The number of hydrogen-bond acceptors (Lipinski definition) is 3. The molecule has 0 saturated heterocycles. The zero-order valence-electron chi connectivity index (χ0n) is 22.7. The first kappa shape index (κ1) is 30.2. The van der Waals surface area contributed by atoms with E-state index in [1.165, 1.54) is 116 Å². The summed E-state index contributed by atoms with van der Waals surface area (Å²) in [6.07, 6.45) is 17.4. The summed E-state index contributed by atoms with van der Waals surface area (Å²) in [4.78, 5) is 0. The van der Waals surface area contributed by atoms with E-state index in [1.54, 1.807) is 0 Å². The highest BCUT2D eigenvalue weighted by Crippen LogP contribution is 2.28. The minimum atomic E-state index is 0.345. The van der Waals surface area contributed by atoms with Crippen LogP contribution in [0.25, 0.3) is 0 Å². The van der Waals surface area contributed by atoms with Crippen LogP contribution in [0.3, 0.4) is 0 Å². The van der Waals surface area contributed by atoms with E-state index in [2.05, 4.69) is 68.6 Å². The number of aromatic hydroxyl groups is 1. The van der Waals surface area contributed by atoms with Gasteiger partial charge in [-0.2, -0.15) is 23.5 Å². The quantitative estimate of drug-likeness (QED) is 0.177. The summed E-state index contributed by atoms with van der Waals surface area (Å²) >= 11 is 4.22. The van der Waals surface area contributed by atoms with Gasteiger partial charge < -0.3 is 5.11 Å². The molecule has 1 nitrogen and oxygen atoms in total. The smallest absolute Gasteiger partial charge is 0.115 e. The lowest BCUT2D eigenvalue weighted by Crippen LogP contribution is -2.01. The van der Waals surface area contributed by atoms with E-state index in [0.717, 1.165) is 17.9 Å². The Morgan fingerprint density at radius 2 is 1.17 bits per heavy atom.